The first-order chi connectivity index (χ1) is 9.60. The van der Waals surface area contributed by atoms with Crippen molar-refractivity contribution in [1.29, 1.82) is 0 Å². The minimum Gasteiger partial charge on any atom is -0.352 e. The van der Waals surface area contributed by atoms with E-state index in [1.54, 1.807) is 11.8 Å². The molecule has 2 atom stereocenters. The number of carbonyl (C=O) groups excluding carboxylic acids is 1. The minimum absolute atomic E-state index is 0.0990. The van der Waals surface area contributed by atoms with Crippen LogP contribution in [0.15, 0.2) is 23.1 Å². The Kier molecular flexibility index (Phi) is 5.49. The van der Waals surface area contributed by atoms with E-state index in [4.69, 9.17) is 5.73 Å². The van der Waals surface area contributed by atoms with E-state index < -0.39 is 0 Å². The molecule has 4 heteroatoms. The molecule has 0 aliphatic heterocycles. The lowest BCUT2D eigenvalue weighted by molar-refractivity contribution is -0.126. The summed E-state index contributed by atoms with van der Waals surface area (Å²) in [6.07, 6.45) is 6.00. The highest BCUT2D eigenvalue weighted by atomic mass is 32.2. The molecule has 1 aromatic rings. The number of aryl methyl sites for hydroxylation is 1. The number of rotatable bonds is 4. The van der Waals surface area contributed by atoms with E-state index in [1.165, 1.54) is 16.0 Å². The quantitative estimate of drug-likeness (QED) is 0.839. The van der Waals surface area contributed by atoms with Gasteiger partial charge in [-0.1, -0.05) is 18.6 Å². The lowest BCUT2D eigenvalue weighted by atomic mass is 9.85. The van der Waals surface area contributed by atoms with Gasteiger partial charge in [-0.2, -0.15) is 0 Å². The van der Waals surface area contributed by atoms with Crippen LogP contribution < -0.4 is 11.1 Å². The Labute approximate surface area is 125 Å². The molecule has 1 aromatic carbocycles. The van der Waals surface area contributed by atoms with E-state index in [0.717, 1.165) is 25.7 Å². The monoisotopic (exact) mass is 292 g/mol. The number of hydrogen-bond donors (Lipinski definition) is 2. The normalized spacial score (nSPS) is 22.6. The smallest absolute Gasteiger partial charge is 0.223 e. The van der Waals surface area contributed by atoms with Crippen LogP contribution in [0, 0.1) is 12.8 Å². The number of nitrogens with one attached hydrogen (secondary N) is 1. The fourth-order valence-corrected chi connectivity index (χ4v) is 3.50. The van der Waals surface area contributed by atoms with Crippen molar-refractivity contribution < 1.29 is 4.79 Å². The van der Waals surface area contributed by atoms with E-state index >= 15 is 0 Å². The number of carbonyl (C=O) groups is 1. The zero-order chi connectivity index (χ0) is 14.5. The zero-order valence-corrected chi connectivity index (χ0v) is 13.1. The molecular formula is C16H24N2OS. The summed E-state index contributed by atoms with van der Waals surface area (Å²) in [6.45, 7) is 2.70. The SMILES string of the molecule is CSc1cc(C)ccc1CNC(=O)C1CCCC(N)C1. The standard InChI is InChI=1S/C16H24N2OS/c1-11-6-7-13(15(8-11)20-2)10-18-16(19)12-4-3-5-14(17)9-12/h6-8,12,14H,3-5,9-10,17H2,1-2H3,(H,18,19). The Morgan fingerprint density at radius 3 is 2.95 bits per heavy atom. The summed E-state index contributed by atoms with van der Waals surface area (Å²) in [6, 6.07) is 6.56. The summed E-state index contributed by atoms with van der Waals surface area (Å²) in [5.41, 5.74) is 8.39. The Hall–Kier alpha value is -1.00. The van der Waals surface area contributed by atoms with Crippen molar-refractivity contribution in [2.75, 3.05) is 6.26 Å². The van der Waals surface area contributed by atoms with Crippen LogP contribution in [-0.2, 0) is 11.3 Å². The summed E-state index contributed by atoms with van der Waals surface area (Å²) >= 11 is 1.73. The predicted octanol–water partition coefficient (Wildman–Crippen LogP) is 2.85. The van der Waals surface area contributed by atoms with Gasteiger partial charge in [-0.05, 0) is 49.6 Å². The molecule has 0 aromatic heterocycles. The van der Waals surface area contributed by atoms with Crippen molar-refractivity contribution in [3.05, 3.63) is 29.3 Å². The third kappa shape index (κ3) is 4.00. The summed E-state index contributed by atoms with van der Waals surface area (Å²) in [5.74, 6) is 0.259. The fourth-order valence-electron chi connectivity index (χ4n) is 2.79. The highest BCUT2D eigenvalue weighted by Gasteiger charge is 2.25. The number of hydrogen-bond acceptors (Lipinski definition) is 3. The molecule has 2 unspecified atom stereocenters. The van der Waals surface area contributed by atoms with Crippen LogP contribution in [0.1, 0.15) is 36.8 Å². The van der Waals surface area contributed by atoms with Crippen LogP contribution in [-0.4, -0.2) is 18.2 Å². The van der Waals surface area contributed by atoms with Crippen LogP contribution in [0.2, 0.25) is 0 Å². The Bertz CT molecular complexity index is 476. The van der Waals surface area contributed by atoms with Gasteiger partial charge in [0.05, 0.1) is 0 Å². The van der Waals surface area contributed by atoms with Crippen molar-refractivity contribution in [3.63, 3.8) is 0 Å². The number of thioether (sulfide) groups is 1. The molecule has 1 aliphatic rings. The zero-order valence-electron chi connectivity index (χ0n) is 12.3. The summed E-state index contributed by atoms with van der Waals surface area (Å²) < 4.78 is 0. The third-order valence-electron chi connectivity index (χ3n) is 3.98. The molecule has 3 N–H and O–H groups in total. The molecule has 1 saturated carbocycles. The Morgan fingerprint density at radius 1 is 1.45 bits per heavy atom. The Morgan fingerprint density at radius 2 is 2.25 bits per heavy atom. The molecule has 20 heavy (non-hydrogen) atoms. The second kappa shape index (κ2) is 7.14. The number of benzene rings is 1. The van der Waals surface area contributed by atoms with E-state index in [-0.39, 0.29) is 17.9 Å². The fraction of sp³-hybridized carbons (Fsp3) is 0.562. The van der Waals surface area contributed by atoms with E-state index in [9.17, 15) is 4.79 Å². The summed E-state index contributed by atoms with van der Waals surface area (Å²) in [7, 11) is 0. The van der Waals surface area contributed by atoms with Crippen molar-refractivity contribution in [2.45, 2.75) is 50.1 Å². The maximum Gasteiger partial charge on any atom is 0.223 e. The predicted molar refractivity (Wildman–Crippen MR) is 84.7 cm³/mol. The topological polar surface area (TPSA) is 55.1 Å². The van der Waals surface area contributed by atoms with Crippen molar-refractivity contribution in [2.24, 2.45) is 11.7 Å². The van der Waals surface area contributed by atoms with Crippen LogP contribution >= 0.6 is 11.8 Å². The first-order valence-corrected chi connectivity index (χ1v) is 8.49. The number of amides is 1. The van der Waals surface area contributed by atoms with E-state index in [0.29, 0.717) is 6.54 Å². The highest BCUT2D eigenvalue weighted by Crippen LogP contribution is 2.24. The van der Waals surface area contributed by atoms with Crippen LogP contribution in [0.5, 0.6) is 0 Å². The maximum atomic E-state index is 12.2. The van der Waals surface area contributed by atoms with Crippen LogP contribution in [0.3, 0.4) is 0 Å². The third-order valence-corrected chi connectivity index (χ3v) is 4.80. The molecule has 110 valence electrons. The van der Waals surface area contributed by atoms with Gasteiger partial charge < -0.3 is 11.1 Å². The van der Waals surface area contributed by atoms with Gasteiger partial charge in [0.15, 0.2) is 0 Å². The van der Waals surface area contributed by atoms with Crippen LogP contribution in [0.4, 0.5) is 0 Å². The van der Waals surface area contributed by atoms with Gasteiger partial charge in [0.1, 0.15) is 0 Å². The van der Waals surface area contributed by atoms with Crippen molar-refractivity contribution in [1.82, 2.24) is 5.32 Å². The molecular weight excluding hydrogens is 268 g/mol. The molecule has 1 aliphatic carbocycles. The lowest BCUT2D eigenvalue weighted by Crippen LogP contribution is -2.37. The first kappa shape index (κ1) is 15.4. The lowest BCUT2D eigenvalue weighted by Gasteiger charge is -2.25. The molecule has 2 rings (SSSR count). The summed E-state index contributed by atoms with van der Waals surface area (Å²) in [4.78, 5) is 13.5. The van der Waals surface area contributed by atoms with Gasteiger partial charge in [-0.3, -0.25) is 4.79 Å². The van der Waals surface area contributed by atoms with Gasteiger partial charge in [-0.15, -0.1) is 11.8 Å². The van der Waals surface area contributed by atoms with E-state index in [1.807, 2.05) is 0 Å². The van der Waals surface area contributed by atoms with Gasteiger partial charge in [-0.25, -0.2) is 0 Å². The second-order valence-electron chi connectivity index (χ2n) is 5.66. The van der Waals surface area contributed by atoms with Gasteiger partial charge in [0, 0.05) is 23.4 Å². The Balaban J connectivity index is 1.93. The van der Waals surface area contributed by atoms with Crippen molar-refractivity contribution >= 4 is 17.7 Å². The highest BCUT2D eigenvalue weighted by molar-refractivity contribution is 7.98. The molecule has 0 saturated heterocycles. The molecule has 1 fully saturated rings. The van der Waals surface area contributed by atoms with Crippen LogP contribution in [0.25, 0.3) is 0 Å². The molecule has 0 heterocycles. The largest absolute Gasteiger partial charge is 0.352 e. The molecule has 0 radical (unpaired) electrons. The molecule has 1 amide bonds. The second-order valence-corrected chi connectivity index (χ2v) is 6.50. The first-order valence-electron chi connectivity index (χ1n) is 7.27. The van der Waals surface area contributed by atoms with Gasteiger partial charge >= 0.3 is 0 Å². The summed E-state index contributed by atoms with van der Waals surface area (Å²) in [5, 5.41) is 3.08. The van der Waals surface area contributed by atoms with Gasteiger partial charge in [0.2, 0.25) is 5.91 Å². The van der Waals surface area contributed by atoms with E-state index in [2.05, 4.69) is 36.7 Å². The molecule has 0 spiro atoms. The minimum atomic E-state index is 0.0990. The number of nitrogens with two attached hydrogens (primary N) is 1. The average molecular weight is 292 g/mol. The van der Waals surface area contributed by atoms with Crippen molar-refractivity contribution in [3.8, 4) is 0 Å². The van der Waals surface area contributed by atoms with Gasteiger partial charge in [0.25, 0.3) is 0 Å². The molecule has 0 bridgehead atoms. The maximum absolute atomic E-state index is 12.2. The average Bonchev–Trinajstić information content (AvgIpc) is 2.45. The molecule has 3 nitrogen and oxygen atoms in total.